The summed E-state index contributed by atoms with van der Waals surface area (Å²) in [5, 5.41) is 0. The fourth-order valence-electron chi connectivity index (χ4n) is 5.49. The topological polar surface area (TPSA) is 86.7 Å². The molecule has 2 aliphatic carbocycles. The van der Waals surface area contributed by atoms with Crippen molar-refractivity contribution in [2.45, 2.75) is 138 Å². The molecule has 2 atom stereocenters. The Labute approximate surface area is 256 Å². The SMILES string of the molecule is CC(C)=CCCC(C)CCOC(=O)C(=O)C1CCC(C)CC1.CC(C)=CCCC(C)CCOC(=O)C(=O)C1CCCC1. The van der Waals surface area contributed by atoms with Crippen molar-refractivity contribution in [2.75, 3.05) is 13.2 Å². The molecule has 42 heavy (non-hydrogen) atoms. The highest BCUT2D eigenvalue weighted by Gasteiger charge is 2.30. The van der Waals surface area contributed by atoms with Crippen LogP contribution >= 0.6 is 0 Å². The molecule has 0 aromatic heterocycles. The Morgan fingerprint density at radius 1 is 0.619 bits per heavy atom. The number of carbonyl (C=O) groups is 4. The van der Waals surface area contributed by atoms with Crippen LogP contribution in [0.25, 0.3) is 0 Å². The molecule has 2 aliphatic rings. The molecule has 2 unspecified atom stereocenters. The molecule has 0 aliphatic heterocycles. The number of carbonyl (C=O) groups excluding carboxylic acids is 4. The number of allylic oxidation sites excluding steroid dienone is 4. The van der Waals surface area contributed by atoms with Crippen LogP contribution in [0.1, 0.15) is 138 Å². The molecule has 0 spiro atoms. The first-order chi connectivity index (χ1) is 19.9. The number of hydrogen-bond donors (Lipinski definition) is 0. The van der Waals surface area contributed by atoms with E-state index in [1.165, 1.54) is 11.1 Å². The Morgan fingerprint density at radius 2 is 1.00 bits per heavy atom. The number of ketones is 2. The molecule has 6 heteroatoms. The van der Waals surface area contributed by atoms with Gasteiger partial charge in [0.25, 0.3) is 0 Å². The zero-order chi connectivity index (χ0) is 31.5. The molecule has 0 heterocycles. The summed E-state index contributed by atoms with van der Waals surface area (Å²) < 4.78 is 10.3. The maximum absolute atomic E-state index is 12.0. The maximum Gasteiger partial charge on any atom is 0.374 e. The molecule has 0 aromatic rings. The molecule has 0 bridgehead atoms. The van der Waals surface area contributed by atoms with Gasteiger partial charge in [0, 0.05) is 11.8 Å². The van der Waals surface area contributed by atoms with Gasteiger partial charge >= 0.3 is 11.9 Å². The average Bonchev–Trinajstić information content (AvgIpc) is 3.47. The second kappa shape index (κ2) is 21.4. The van der Waals surface area contributed by atoms with Crippen molar-refractivity contribution in [3.05, 3.63) is 23.3 Å². The Bertz CT molecular complexity index is 879. The van der Waals surface area contributed by atoms with Gasteiger partial charge in [-0.2, -0.15) is 0 Å². The summed E-state index contributed by atoms with van der Waals surface area (Å²) in [6.45, 7) is 15.7. The Hall–Kier alpha value is -2.24. The number of esters is 2. The van der Waals surface area contributed by atoms with Crippen LogP contribution in [0.5, 0.6) is 0 Å². The fourth-order valence-corrected chi connectivity index (χ4v) is 5.49. The highest BCUT2D eigenvalue weighted by atomic mass is 16.5. The molecule has 0 saturated heterocycles. The quantitative estimate of drug-likeness (QED) is 0.102. The largest absolute Gasteiger partial charge is 0.460 e. The van der Waals surface area contributed by atoms with Crippen LogP contribution in [0.2, 0.25) is 0 Å². The predicted molar refractivity (Wildman–Crippen MR) is 170 cm³/mol. The average molecular weight is 589 g/mol. The number of hydrogen-bond acceptors (Lipinski definition) is 6. The fraction of sp³-hybridized carbons (Fsp3) is 0.778. The summed E-state index contributed by atoms with van der Waals surface area (Å²) in [4.78, 5) is 47.3. The third kappa shape index (κ3) is 17.0. The number of Topliss-reactive ketones (excluding diaryl/α,β-unsaturated/α-hetero) is 2. The summed E-state index contributed by atoms with van der Waals surface area (Å²) in [7, 11) is 0. The summed E-state index contributed by atoms with van der Waals surface area (Å²) >= 11 is 0. The lowest BCUT2D eigenvalue weighted by molar-refractivity contribution is -0.156. The van der Waals surface area contributed by atoms with E-state index in [1.54, 1.807) is 0 Å². The second-order valence-electron chi connectivity index (χ2n) is 13.4. The van der Waals surface area contributed by atoms with Crippen molar-refractivity contribution in [2.24, 2.45) is 29.6 Å². The van der Waals surface area contributed by atoms with E-state index < -0.39 is 11.9 Å². The first-order valence-electron chi connectivity index (χ1n) is 16.6. The lowest BCUT2D eigenvalue weighted by Gasteiger charge is -2.24. The molecule has 0 aromatic carbocycles. The van der Waals surface area contributed by atoms with Gasteiger partial charge < -0.3 is 9.47 Å². The van der Waals surface area contributed by atoms with Gasteiger partial charge in [0.15, 0.2) is 0 Å². The molecular weight excluding hydrogens is 528 g/mol. The lowest BCUT2D eigenvalue weighted by atomic mass is 9.81. The Morgan fingerprint density at radius 3 is 1.38 bits per heavy atom. The van der Waals surface area contributed by atoms with Gasteiger partial charge in [0.05, 0.1) is 13.2 Å². The van der Waals surface area contributed by atoms with Crippen LogP contribution < -0.4 is 0 Å². The Kier molecular flexibility index (Phi) is 19.3. The van der Waals surface area contributed by atoms with Gasteiger partial charge in [0.1, 0.15) is 0 Å². The molecular formula is C36H60O6. The monoisotopic (exact) mass is 588 g/mol. The van der Waals surface area contributed by atoms with E-state index in [1.807, 2.05) is 0 Å². The van der Waals surface area contributed by atoms with E-state index >= 15 is 0 Å². The van der Waals surface area contributed by atoms with Crippen LogP contribution in [0.4, 0.5) is 0 Å². The third-order valence-electron chi connectivity index (χ3n) is 8.63. The van der Waals surface area contributed by atoms with Gasteiger partial charge in [0.2, 0.25) is 11.6 Å². The van der Waals surface area contributed by atoms with Crippen LogP contribution in [0.15, 0.2) is 23.3 Å². The first-order valence-corrected chi connectivity index (χ1v) is 16.6. The minimum Gasteiger partial charge on any atom is -0.460 e. The second-order valence-corrected chi connectivity index (χ2v) is 13.4. The number of rotatable bonds is 16. The Balaban J connectivity index is 0.000000422. The smallest absolute Gasteiger partial charge is 0.374 e. The van der Waals surface area contributed by atoms with Gasteiger partial charge in [-0.1, -0.05) is 69.8 Å². The molecule has 2 saturated carbocycles. The van der Waals surface area contributed by atoms with E-state index in [4.69, 9.17) is 9.47 Å². The summed E-state index contributed by atoms with van der Waals surface area (Å²) in [5.41, 5.74) is 2.68. The van der Waals surface area contributed by atoms with Crippen molar-refractivity contribution in [3.8, 4) is 0 Å². The number of ether oxygens (including phenoxy) is 2. The van der Waals surface area contributed by atoms with E-state index in [0.29, 0.717) is 31.0 Å². The van der Waals surface area contributed by atoms with Gasteiger partial charge in [-0.3, -0.25) is 9.59 Å². The van der Waals surface area contributed by atoms with Crippen LogP contribution in [0, 0.1) is 29.6 Å². The molecule has 2 fully saturated rings. The molecule has 240 valence electrons. The normalized spacial score (nSPS) is 19.9. The molecule has 6 nitrogen and oxygen atoms in total. The van der Waals surface area contributed by atoms with Gasteiger partial charge in [-0.25, -0.2) is 9.59 Å². The van der Waals surface area contributed by atoms with Crippen LogP contribution in [-0.2, 0) is 28.7 Å². The van der Waals surface area contributed by atoms with E-state index in [2.05, 4.69) is 60.6 Å². The third-order valence-corrected chi connectivity index (χ3v) is 8.63. The van der Waals surface area contributed by atoms with Crippen molar-refractivity contribution >= 4 is 23.5 Å². The van der Waals surface area contributed by atoms with E-state index in [0.717, 1.165) is 89.9 Å². The van der Waals surface area contributed by atoms with E-state index in [9.17, 15) is 19.2 Å². The van der Waals surface area contributed by atoms with Crippen molar-refractivity contribution in [1.29, 1.82) is 0 Å². The van der Waals surface area contributed by atoms with Crippen LogP contribution in [0.3, 0.4) is 0 Å². The van der Waals surface area contributed by atoms with Crippen molar-refractivity contribution in [3.63, 3.8) is 0 Å². The minimum atomic E-state index is -0.617. The molecule has 0 N–H and O–H groups in total. The van der Waals surface area contributed by atoms with Gasteiger partial charge in [-0.05, 0) is 110 Å². The van der Waals surface area contributed by atoms with E-state index in [-0.39, 0.29) is 23.4 Å². The summed E-state index contributed by atoms with van der Waals surface area (Å²) in [5.74, 6) is -0.305. The summed E-state index contributed by atoms with van der Waals surface area (Å²) in [6.07, 6.45) is 18.1. The minimum absolute atomic E-state index is 0.0717. The molecule has 2 rings (SSSR count). The lowest BCUT2D eigenvalue weighted by Crippen LogP contribution is -2.29. The van der Waals surface area contributed by atoms with Crippen molar-refractivity contribution in [1.82, 2.24) is 0 Å². The highest BCUT2D eigenvalue weighted by Crippen LogP contribution is 2.29. The van der Waals surface area contributed by atoms with Crippen molar-refractivity contribution < 1.29 is 28.7 Å². The van der Waals surface area contributed by atoms with Crippen LogP contribution in [-0.4, -0.2) is 36.7 Å². The standard InChI is InChI=1S/C19H32O3.C17H28O3/c1-14(2)6-5-7-15(3)12-13-22-19(21)18(20)17-10-8-16(4)9-11-17;1-13(2)7-6-8-14(3)11-12-20-17(19)16(18)15-9-4-5-10-15/h6,15-17H,5,7-13H2,1-4H3;7,14-15H,4-6,8-12H2,1-3H3. The maximum atomic E-state index is 12.0. The summed E-state index contributed by atoms with van der Waals surface area (Å²) in [6, 6.07) is 0. The highest BCUT2D eigenvalue weighted by molar-refractivity contribution is 6.34. The predicted octanol–water partition coefficient (Wildman–Crippen LogP) is 8.76. The zero-order valence-corrected chi connectivity index (χ0v) is 27.8. The molecule has 0 amide bonds. The zero-order valence-electron chi connectivity index (χ0n) is 27.8. The first kappa shape index (κ1) is 37.8. The van der Waals surface area contributed by atoms with Gasteiger partial charge in [-0.15, -0.1) is 0 Å². The molecule has 0 radical (unpaired) electrons.